The van der Waals surface area contributed by atoms with Gasteiger partial charge in [-0.15, -0.1) is 0 Å². The highest BCUT2D eigenvalue weighted by Crippen LogP contribution is 2.21. The van der Waals surface area contributed by atoms with Crippen molar-refractivity contribution in [2.24, 2.45) is 5.73 Å². The average molecular weight is 290 g/mol. The summed E-state index contributed by atoms with van der Waals surface area (Å²) in [6, 6.07) is 3.80. The van der Waals surface area contributed by atoms with Gasteiger partial charge in [0.25, 0.3) is 5.91 Å². The van der Waals surface area contributed by atoms with Gasteiger partial charge in [0, 0.05) is 43.0 Å². The van der Waals surface area contributed by atoms with Crippen molar-refractivity contribution >= 4 is 5.91 Å². The minimum Gasteiger partial charge on any atom is -0.337 e. The van der Waals surface area contributed by atoms with Gasteiger partial charge < -0.3 is 15.6 Å². The van der Waals surface area contributed by atoms with Crippen molar-refractivity contribution in [2.45, 2.75) is 31.3 Å². The van der Waals surface area contributed by atoms with Crippen LogP contribution in [0.4, 0.5) is 0 Å². The predicted octanol–water partition coefficient (Wildman–Crippen LogP) is 0.0125. The van der Waals surface area contributed by atoms with Crippen LogP contribution in [0.25, 0.3) is 0 Å². The van der Waals surface area contributed by atoms with Gasteiger partial charge in [-0.2, -0.15) is 0 Å². The van der Waals surface area contributed by atoms with E-state index >= 15 is 0 Å². The van der Waals surface area contributed by atoms with Crippen LogP contribution < -0.4 is 11.3 Å². The number of aromatic nitrogens is 1. The maximum atomic E-state index is 12.4. The molecule has 21 heavy (non-hydrogen) atoms. The van der Waals surface area contributed by atoms with Crippen molar-refractivity contribution in [3.8, 4) is 0 Å². The number of nitrogens with two attached hydrogens (primary N) is 1. The highest BCUT2D eigenvalue weighted by atomic mass is 16.2. The van der Waals surface area contributed by atoms with Gasteiger partial charge in [0.1, 0.15) is 0 Å². The van der Waals surface area contributed by atoms with Gasteiger partial charge in [0.2, 0.25) is 5.56 Å². The lowest BCUT2D eigenvalue weighted by atomic mass is 10.0. The third-order valence-corrected chi connectivity index (χ3v) is 4.56. The first-order valence-electron chi connectivity index (χ1n) is 7.61. The molecule has 2 aliphatic rings. The van der Waals surface area contributed by atoms with Gasteiger partial charge in [-0.3, -0.25) is 14.5 Å². The predicted molar refractivity (Wildman–Crippen MR) is 80.2 cm³/mol. The van der Waals surface area contributed by atoms with E-state index in [2.05, 4.69) is 9.88 Å². The molecule has 3 heterocycles. The van der Waals surface area contributed by atoms with Crippen molar-refractivity contribution < 1.29 is 4.79 Å². The lowest BCUT2D eigenvalue weighted by Crippen LogP contribution is -2.46. The van der Waals surface area contributed by atoms with E-state index in [4.69, 9.17) is 5.73 Å². The van der Waals surface area contributed by atoms with Crippen molar-refractivity contribution in [1.82, 2.24) is 14.8 Å². The van der Waals surface area contributed by atoms with Crippen LogP contribution in [0.1, 0.15) is 29.6 Å². The Labute approximate surface area is 123 Å². The third-order valence-electron chi connectivity index (χ3n) is 4.56. The quantitative estimate of drug-likeness (QED) is 0.804. The zero-order valence-electron chi connectivity index (χ0n) is 12.1. The second-order valence-corrected chi connectivity index (χ2v) is 6.01. The van der Waals surface area contributed by atoms with Gasteiger partial charge in [-0.1, -0.05) is 0 Å². The van der Waals surface area contributed by atoms with E-state index in [1.54, 1.807) is 6.07 Å². The molecule has 0 saturated carbocycles. The summed E-state index contributed by atoms with van der Waals surface area (Å²) < 4.78 is 0. The van der Waals surface area contributed by atoms with E-state index in [1.807, 2.05) is 4.90 Å². The molecule has 1 amide bonds. The Morgan fingerprint density at radius 2 is 2.00 bits per heavy atom. The first-order chi connectivity index (χ1) is 10.1. The number of carbonyl (C=O) groups is 1. The molecule has 1 atom stereocenters. The molecule has 0 aromatic carbocycles. The fourth-order valence-corrected chi connectivity index (χ4v) is 3.27. The molecule has 6 heteroatoms. The summed E-state index contributed by atoms with van der Waals surface area (Å²) in [6.07, 6.45) is 4.61. The molecule has 2 saturated heterocycles. The van der Waals surface area contributed by atoms with E-state index in [-0.39, 0.29) is 11.5 Å². The minimum absolute atomic E-state index is 0.0442. The van der Waals surface area contributed by atoms with Crippen LogP contribution in [0.3, 0.4) is 0 Å². The van der Waals surface area contributed by atoms with Crippen LogP contribution in [0.15, 0.2) is 23.1 Å². The average Bonchev–Trinajstić information content (AvgIpc) is 2.97. The number of H-pyrrole nitrogens is 1. The van der Waals surface area contributed by atoms with Crippen LogP contribution in [-0.2, 0) is 0 Å². The second kappa shape index (κ2) is 5.99. The highest BCUT2D eigenvalue weighted by molar-refractivity contribution is 5.94. The summed E-state index contributed by atoms with van der Waals surface area (Å²) >= 11 is 0. The van der Waals surface area contributed by atoms with Gasteiger partial charge in [-0.25, -0.2) is 0 Å². The van der Waals surface area contributed by atoms with Gasteiger partial charge >= 0.3 is 0 Å². The number of rotatable bonds is 2. The number of likely N-dealkylation sites (tertiary alicyclic amines) is 2. The zero-order valence-corrected chi connectivity index (χ0v) is 12.1. The highest BCUT2D eigenvalue weighted by Gasteiger charge is 2.32. The Bertz CT molecular complexity index is 563. The number of nitrogens with one attached hydrogen (secondary N) is 1. The smallest absolute Gasteiger partial charge is 0.254 e. The van der Waals surface area contributed by atoms with Gasteiger partial charge in [0.15, 0.2) is 0 Å². The Morgan fingerprint density at radius 1 is 1.24 bits per heavy atom. The molecule has 3 N–H and O–H groups in total. The molecule has 3 rings (SSSR count). The standard InChI is InChI=1S/C15H22N4O2/c16-12-2-6-18(7-3-12)13-4-8-19(10-13)15(21)11-1-5-17-14(20)9-11/h1,5,9,12-13H,2-4,6-8,10,16H2,(H,17,20). The maximum Gasteiger partial charge on any atom is 0.254 e. The van der Waals surface area contributed by atoms with Crippen LogP contribution in [0.5, 0.6) is 0 Å². The molecule has 1 unspecified atom stereocenters. The second-order valence-electron chi connectivity index (χ2n) is 6.01. The lowest BCUT2D eigenvalue weighted by molar-refractivity contribution is 0.0769. The van der Waals surface area contributed by atoms with E-state index in [0.29, 0.717) is 17.6 Å². The molecule has 1 aromatic heterocycles. The zero-order chi connectivity index (χ0) is 14.8. The summed E-state index contributed by atoms with van der Waals surface area (Å²) in [7, 11) is 0. The van der Waals surface area contributed by atoms with E-state index in [9.17, 15) is 9.59 Å². The summed E-state index contributed by atoms with van der Waals surface area (Å²) in [5, 5.41) is 0. The van der Waals surface area contributed by atoms with E-state index in [0.717, 1.165) is 45.4 Å². The topological polar surface area (TPSA) is 82.4 Å². The van der Waals surface area contributed by atoms with Crippen LogP contribution in [0.2, 0.25) is 0 Å². The maximum absolute atomic E-state index is 12.4. The minimum atomic E-state index is -0.235. The summed E-state index contributed by atoms with van der Waals surface area (Å²) in [4.78, 5) is 30.6. The molecular weight excluding hydrogens is 268 g/mol. The molecule has 2 fully saturated rings. The molecular formula is C15H22N4O2. The Hall–Kier alpha value is -1.66. The molecule has 2 aliphatic heterocycles. The van der Waals surface area contributed by atoms with Crippen LogP contribution >= 0.6 is 0 Å². The van der Waals surface area contributed by atoms with E-state index in [1.165, 1.54) is 12.3 Å². The Balaban J connectivity index is 1.61. The molecule has 0 radical (unpaired) electrons. The number of hydrogen-bond acceptors (Lipinski definition) is 4. The number of aromatic amines is 1. The molecule has 6 nitrogen and oxygen atoms in total. The van der Waals surface area contributed by atoms with Crippen LogP contribution in [-0.4, -0.2) is 59.0 Å². The number of nitrogens with zero attached hydrogens (tertiary/aromatic N) is 2. The fraction of sp³-hybridized carbons (Fsp3) is 0.600. The van der Waals surface area contributed by atoms with Crippen molar-refractivity contribution in [2.75, 3.05) is 26.2 Å². The number of piperidine rings is 1. The van der Waals surface area contributed by atoms with Gasteiger partial charge in [-0.05, 0) is 38.4 Å². The summed E-state index contributed by atoms with van der Waals surface area (Å²) in [6.45, 7) is 3.57. The van der Waals surface area contributed by atoms with Crippen molar-refractivity contribution in [3.05, 3.63) is 34.2 Å². The van der Waals surface area contributed by atoms with Crippen molar-refractivity contribution in [1.29, 1.82) is 0 Å². The number of amides is 1. The lowest BCUT2D eigenvalue weighted by Gasteiger charge is -2.34. The largest absolute Gasteiger partial charge is 0.337 e. The summed E-state index contributed by atoms with van der Waals surface area (Å²) in [5.41, 5.74) is 6.18. The number of hydrogen-bond donors (Lipinski definition) is 2. The fourth-order valence-electron chi connectivity index (χ4n) is 3.27. The number of pyridine rings is 1. The van der Waals surface area contributed by atoms with Crippen molar-refractivity contribution in [3.63, 3.8) is 0 Å². The molecule has 114 valence electrons. The van der Waals surface area contributed by atoms with Crippen LogP contribution in [0, 0.1) is 0 Å². The third kappa shape index (κ3) is 3.16. The molecule has 1 aromatic rings. The number of carbonyl (C=O) groups excluding carboxylic acids is 1. The van der Waals surface area contributed by atoms with Gasteiger partial charge in [0.05, 0.1) is 0 Å². The molecule has 0 spiro atoms. The SMILES string of the molecule is NC1CCN(C2CCN(C(=O)c3cc[nH]c(=O)c3)C2)CC1. The monoisotopic (exact) mass is 290 g/mol. The Kier molecular flexibility index (Phi) is 4.07. The normalized spacial score (nSPS) is 24.4. The Morgan fingerprint density at radius 3 is 2.71 bits per heavy atom. The molecule has 0 aliphatic carbocycles. The van der Waals surface area contributed by atoms with E-state index < -0.39 is 0 Å². The summed E-state index contributed by atoms with van der Waals surface area (Å²) in [5.74, 6) is -0.0442. The molecule has 0 bridgehead atoms. The first kappa shape index (κ1) is 14.3. The first-order valence-corrected chi connectivity index (χ1v) is 7.61.